The molecule has 5 heteroatoms. The number of nitrogens with one attached hydrogen (secondary N) is 1. The third-order valence-corrected chi connectivity index (χ3v) is 3.79. The molecule has 5 nitrogen and oxygen atoms in total. The van der Waals surface area contributed by atoms with E-state index >= 15 is 0 Å². The van der Waals surface area contributed by atoms with Crippen molar-refractivity contribution in [2.24, 2.45) is 0 Å². The zero-order valence-electron chi connectivity index (χ0n) is 14.7. The van der Waals surface area contributed by atoms with E-state index in [4.69, 9.17) is 0 Å². The molecule has 0 aliphatic heterocycles. The van der Waals surface area contributed by atoms with Crippen LogP contribution in [0.4, 0.5) is 5.82 Å². The van der Waals surface area contributed by atoms with Gasteiger partial charge in [-0.1, -0.05) is 36.4 Å². The second-order valence-corrected chi connectivity index (χ2v) is 6.00. The standard InChI is InChI=1S/C20H22N4O/c1-15(2)24(14-17-9-5-4-6-10-17)20(25)18(12-21)13-23-19-16(3)8-7-11-22-19/h4-11,13,15H,14H2,1-3H3,(H,22,23)/b18-13-. The molecule has 2 aromatic rings. The Morgan fingerprint density at radius 2 is 2.00 bits per heavy atom. The number of aromatic nitrogens is 1. The fourth-order valence-electron chi connectivity index (χ4n) is 2.34. The first-order valence-corrected chi connectivity index (χ1v) is 8.16. The number of carbonyl (C=O) groups excluding carboxylic acids is 1. The summed E-state index contributed by atoms with van der Waals surface area (Å²) in [4.78, 5) is 18.7. The highest BCUT2D eigenvalue weighted by Gasteiger charge is 2.21. The maximum absolute atomic E-state index is 12.8. The van der Waals surface area contributed by atoms with Crippen molar-refractivity contribution in [3.63, 3.8) is 0 Å². The number of nitrogens with zero attached hydrogens (tertiary/aromatic N) is 3. The molecule has 0 aliphatic rings. The van der Waals surface area contributed by atoms with Crippen LogP contribution < -0.4 is 5.32 Å². The summed E-state index contributed by atoms with van der Waals surface area (Å²) in [5, 5.41) is 12.4. The molecule has 0 bridgehead atoms. The van der Waals surface area contributed by atoms with E-state index < -0.39 is 0 Å². The Bertz CT molecular complexity index is 791. The highest BCUT2D eigenvalue weighted by atomic mass is 16.2. The zero-order chi connectivity index (χ0) is 18.2. The summed E-state index contributed by atoms with van der Waals surface area (Å²) in [6.07, 6.45) is 3.09. The molecule has 1 aromatic heterocycles. The molecule has 128 valence electrons. The smallest absolute Gasteiger partial charge is 0.266 e. The Morgan fingerprint density at radius 1 is 1.28 bits per heavy atom. The van der Waals surface area contributed by atoms with Crippen LogP contribution in [0.5, 0.6) is 0 Å². The molecule has 1 aromatic carbocycles. The number of anilines is 1. The first kappa shape index (κ1) is 18.2. The summed E-state index contributed by atoms with van der Waals surface area (Å²) >= 11 is 0. The lowest BCUT2D eigenvalue weighted by Gasteiger charge is -2.26. The Kier molecular flexibility index (Phi) is 6.30. The van der Waals surface area contributed by atoms with E-state index in [0.717, 1.165) is 11.1 Å². The van der Waals surface area contributed by atoms with Crippen molar-refractivity contribution in [2.45, 2.75) is 33.4 Å². The molecule has 0 atom stereocenters. The van der Waals surface area contributed by atoms with Crippen molar-refractivity contribution >= 4 is 11.7 Å². The molecule has 0 fully saturated rings. The van der Waals surface area contributed by atoms with Gasteiger partial charge in [0.2, 0.25) is 0 Å². The van der Waals surface area contributed by atoms with E-state index in [9.17, 15) is 10.1 Å². The molecular formula is C20H22N4O. The van der Waals surface area contributed by atoms with Gasteiger partial charge in [-0.15, -0.1) is 0 Å². The normalized spacial score (nSPS) is 11.1. The third-order valence-electron chi connectivity index (χ3n) is 3.79. The summed E-state index contributed by atoms with van der Waals surface area (Å²) in [5.41, 5.74) is 2.01. The maximum atomic E-state index is 12.8. The van der Waals surface area contributed by atoms with Gasteiger partial charge in [0.25, 0.3) is 5.91 Å². The van der Waals surface area contributed by atoms with Crippen LogP contribution in [0, 0.1) is 18.3 Å². The second kappa shape index (κ2) is 8.65. The van der Waals surface area contributed by atoms with Crippen molar-refractivity contribution in [3.05, 3.63) is 71.6 Å². The molecule has 1 heterocycles. The van der Waals surface area contributed by atoms with Crippen molar-refractivity contribution in [1.29, 1.82) is 5.26 Å². The van der Waals surface area contributed by atoms with Gasteiger partial charge in [0.1, 0.15) is 17.5 Å². The van der Waals surface area contributed by atoms with Crippen LogP contribution in [0.2, 0.25) is 0 Å². The number of hydrogen-bond acceptors (Lipinski definition) is 4. The van der Waals surface area contributed by atoms with Gasteiger partial charge in [-0.25, -0.2) is 4.98 Å². The van der Waals surface area contributed by atoms with E-state index in [-0.39, 0.29) is 17.5 Å². The molecule has 1 amide bonds. The van der Waals surface area contributed by atoms with Crippen LogP contribution in [0.3, 0.4) is 0 Å². The Balaban J connectivity index is 2.19. The molecule has 0 saturated heterocycles. The van der Waals surface area contributed by atoms with Gasteiger partial charge in [-0.3, -0.25) is 4.79 Å². The number of nitriles is 1. The minimum atomic E-state index is -0.303. The summed E-state index contributed by atoms with van der Waals surface area (Å²) in [7, 11) is 0. The van der Waals surface area contributed by atoms with Gasteiger partial charge in [0.05, 0.1) is 0 Å². The largest absolute Gasteiger partial charge is 0.345 e. The van der Waals surface area contributed by atoms with E-state index in [0.29, 0.717) is 12.4 Å². The zero-order valence-corrected chi connectivity index (χ0v) is 14.7. The molecule has 0 spiro atoms. The molecule has 0 aliphatic carbocycles. The average Bonchev–Trinajstić information content (AvgIpc) is 2.62. The van der Waals surface area contributed by atoms with Crippen molar-refractivity contribution in [3.8, 4) is 6.07 Å². The Labute approximate surface area is 148 Å². The van der Waals surface area contributed by atoms with Gasteiger partial charge in [-0.05, 0) is 38.0 Å². The van der Waals surface area contributed by atoms with Crippen molar-refractivity contribution in [2.75, 3.05) is 5.32 Å². The molecule has 1 N–H and O–H groups in total. The van der Waals surface area contributed by atoms with Gasteiger partial charge < -0.3 is 10.2 Å². The lowest BCUT2D eigenvalue weighted by molar-refractivity contribution is -0.129. The van der Waals surface area contributed by atoms with Gasteiger partial charge in [0.15, 0.2) is 0 Å². The minimum Gasteiger partial charge on any atom is -0.345 e. The van der Waals surface area contributed by atoms with Gasteiger partial charge >= 0.3 is 0 Å². The predicted molar refractivity (Wildman–Crippen MR) is 98.4 cm³/mol. The van der Waals surface area contributed by atoms with E-state index in [1.807, 2.05) is 69.3 Å². The molecule has 2 rings (SSSR count). The highest BCUT2D eigenvalue weighted by molar-refractivity contribution is 5.97. The quantitative estimate of drug-likeness (QED) is 0.647. The monoisotopic (exact) mass is 334 g/mol. The predicted octanol–water partition coefficient (Wildman–Crippen LogP) is 3.65. The Morgan fingerprint density at radius 3 is 2.60 bits per heavy atom. The third kappa shape index (κ3) is 4.92. The lowest BCUT2D eigenvalue weighted by atomic mass is 10.1. The van der Waals surface area contributed by atoms with E-state index in [2.05, 4.69) is 10.3 Å². The van der Waals surface area contributed by atoms with Crippen molar-refractivity contribution in [1.82, 2.24) is 9.88 Å². The fourth-order valence-corrected chi connectivity index (χ4v) is 2.34. The average molecular weight is 334 g/mol. The van der Waals surface area contributed by atoms with Crippen LogP contribution in [0.15, 0.2) is 60.4 Å². The van der Waals surface area contributed by atoms with Crippen LogP contribution >= 0.6 is 0 Å². The molecular weight excluding hydrogens is 312 g/mol. The molecule has 0 unspecified atom stereocenters. The highest BCUT2D eigenvalue weighted by Crippen LogP contribution is 2.14. The van der Waals surface area contributed by atoms with Crippen LogP contribution in [0.25, 0.3) is 0 Å². The van der Waals surface area contributed by atoms with Gasteiger partial charge in [0, 0.05) is 25.0 Å². The SMILES string of the molecule is Cc1cccnc1N/C=C(/C#N)C(=O)N(Cc1ccccc1)C(C)C. The minimum absolute atomic E-state index is 0.0268. The number of pyridine rings is 1. The van der Waals surface area contributed by atoms with Gasteiger partial charge in [-0.2, -0.15) is 5.26 Å². The lowest BCUT2D eigenvalue weighted by Crippen LogP contribution is -2.37. The fraction of sp³-hybridized carbons (Fsp3) is 0.250. The summed E-state index contributed by atoms with van der Waals surface area (Å²) in [5.74, 6) is 0.324. The molecule has 0 radical (unpaired) electrons. The number of carbonyl (C=O) groups is 1. The van der Waals surface area contributed by atoms with E-state index in [1.165, 1.54) is 6.20 Å². The van der Waals surface area contributed by atoms with Crippen LogP contribution in [0.1, 0.15) is 25.0 Å². The van der Waals surface area contributed by atoms with Crippen molar-refractivity contribution < 1.29 is 4.79 Å². The number of benzene rings is 1. The molecule has 0 saturated carbocycles. The van der Waals surface area contributed by atoms with Crippen LogP contribution in [-0.2, 0) is 11.3 Å². The number of hydrogen-bond donors (Lipinski definition) is 1. The maximum Gasteiger partial charge on any atom is 0.266 e. The van der Waals surface area contributed by atoms with E-state index in [1.54, 1.807) is 11.1 Å². The number of aryl methyl sites for hydroxylation is 1. The number of rotatable bonds is 6. The summed E-state index contributed by atoms with van der Waals surface area (Å²) < 4.78 is 0. The topological polar surface area (TPSA) is 69.0 Å². The first-order valence-electron chi connectivity index (χ1n) is 8.16. The Hall–Kier alpha value is -3.13. The van der Waals surface area contributed by atoms with Crippen LogP contribution in [-0.4, -0.2) is 21.8 Å². The second-order valence-electron chi connectivity index (χ2n) is 6.00. The first-order chi connectivity index (χ1) is 12.0. The summed E-state index contributed by atoms with van der Waals surface area (Å²) in [6.45, 7) is 6.24. The summed E-state index contributed by atoms with van der Waals surface area (Å²) in [6, 6.07) is 15.4. The molecule has 25 heavy (non-hydrogen) atoms. The number of amides is 1.